The third kappa shape index (κ3) is 2.90. The monoisotopic (exact) mass is 349 g/mol. The van der Waals surface area contributed by atoms with Crippen molar-refractivity contribution in [1.29, 1.82) is 0 Å². The Bertz CT molecular complexity index is 971. The summed E-state index contributed by atoms with van der Waals surface area (Å²) >= 11 is 1.37. The quantitative estimate of drug-likeness (QED) is 0.547. The standard InChI is InChI=1S/C19H15N3O2S/c1-20-16-15(17(19(23)24)22(2)18(16)25-3)13-9-7-12(8-10-13)14-6-4-5-11-21-14/h4-11H,2-3H3,(H,23,24). The number of carboxylic acids is 1. The predicted octanol–water partition coefficient (Wildman–Crippen LogP) is 4.72. The van der Waals surface area contributed by atoms with Gasteiger partial charge in [-0.15, -0.1) is 11.8 Å². The van der Waals surface area contributed by atoms with Crippen LogP contribution in [-0.2, 0) is 7.05 Å². The van der Waals surface area contributed by atoms with Crippen LogP contribution < -0.4 is 0 Å². The molecule has 2 heterocycles. The number of pyridine rings is 1. The van der Waals surface area contributed by atoms with Gasteiger partial charge in [-0.3, -0.25) is 4.98 Å². The zero-order chi connectivity index (χ0) is 18.0. The minimum absolute atomic E-state index is 0.126. The first-order valence-electron chi connectivity index (χ1n) is 7.47. The third-order valence-electron chi connectivity index (χ3n) is 3.96. The molecule has 0 saturated carbocycles. The van der Waals surface area contributed by atoms with Crippen molar-refractivity contribution < 1.29 is 9.90 Å². The number of rotatable bonds is 4. The Hall–Kier alpha value is -3.04. The van der Waals surface area contributed by atoms with E-state index in [2.05, 4.69) is 9.83 Å². The number of nitrogens with zero attached hydrogens (tertiary/aromatic N) is 3. The molecule has 0 atom stereocenters. The number of aromatic nitrogens is 2. The minimum atomic E-state index is -1.04. The van der Waals surface area contributed by atoms with Gasteiger partial charge in [-0.2, -0.15) is 0 Å². The maximum absolute atomic E-state index is 11.8. The Kier molecular flexibility index (Phi) is 4.59. The minimum Gasteiger partial charge on any atom is -0.477 e. The molecule has 0 unspecified atom stereocenters. The fourth-order valence-electron chi connectivity index (χ4n) is 2.85. The van der Waals surface area contributed by atoms with E-state index in [-0.39, 0.29) is 5.69 Å². The van der Waals surface area contributed by atoms with Crippen LogP contribution in [0.2, 0.25) is 0 Å². The second-order valence-electron chi connectivity index (χ2n) is 5.35. The van der Waals surface area contributed by atoms with Crippen molar-refractivity contribution in [1.82, 2.24) is 9.55 Å². The zero-order valence-corrected chi connectivity index (χ0v) is 14.5. The van der Waals surface area contributed by atoms with E-state index in [4.69, 9.17) is 6.57 Å². The second-order valence-corrected chi connectivity index (χ2v) is 6.14. The number of hydrogen-bond acceptors (Lipinski definition) is 3. The van der Waals surface area contributed by atoms with Gasteiger partial charge in [0.15, 0.2) is 0 Å². The molecule has 3 rings (SSSR count). The summed E-state index contributed by atoms with van der Waals surface area (Å²) < 4.78 is 1.57. The van der Waals surface area contributed by atoms with Crippen LogP contribution in [0, 0.1) is 6.57 Å². The third-order valence-corrected chi connectivity index (χ3v) is 4.81. The molecule has 0 aliphatic rings. The first kappa shape index (κ1) is 16.8. The largest absolute Gasteiger partial charge is 0.477 e. The van der Waals surface area contributed by atoms with Crippen molar-refractivity contribution in [2.24, 2.45) is 7.05 Å². The molecule has 0 saturated heterocycles. The molecule has 0 bridgehead atoms. The number of carbonyl (C=O) groups is 1. The highest BCUT2D eigenvalue weighted by atomic mass is 32.2. The van der Waals surface area contributed by atoms with E-state index in [1.807, 2.05) is 48.7 Å². The smallest absolute Gasteiger partial charge is 0.351 e. The Morgan fingerprint density at radius 1 is 1.20 bits per heavy atom. The highest BCUT2D eigenvalue weighted by Crippen LogP contribution is 2.43. The van der Waals surface area contributed by atoms with Crippen LogP contribution in [0.25, 0.3) is 27.2 Å². The van der Waals surface area contributed by atoms with E-state index in [0.29, 0.717) is 21.8 Å². The molecule has 1 N–H and O–H groups in total. The van der Waals surface area contributed by atoms with Gasteiger partial charge in [0.25, 0.3) is 0 Å². The van der Waals surface area contributed by atoms with Gasteiger partial charge >= 0.3 is 5.97 Å². The first-order valence-corrected chi connectivity index (χ1v) is 8.70. The topological polar surface area (TPSA) is 59.5 Å². The van der Waals surface area contributed by atoms with Crippen molar-refractivity contribution in [3.63, 3.8) is 0 Å². The van der Waals surface area contributed by atoms with Crippen molar-refractivity contribution >= 4 is 23.4 Å². The lowest BCUT2D eigenvalue weighted by Crippen LogP contribution is -2.06. The SMILES string of the molecule is [C-]#[N+]c1c(-c2ccc(-c3ccccn3)cc2)c(C(=O)O)n(C)c1SC. The summed E-state index contributed by atoms with van der Waals surface area (Å²) in [5.74, 6) is -1.04. The van der Waals surface area contributed by atoms with Crippen LogP contribution >= 0.6 is 11.8 Å². The molecule has 0 amide bonds. The molecule has 0 radical (unpaired) electrons. The molecule has 25 heavy (non-hydrogen) atoms. The summed E-state index contributed by atoms with van der Waals surface area (Å²) in [4.78, 5) is 19.7. The summed E-state index contributed by atoms with van der Waals surface area (Å²) in [5, 5.41) is 10.3. The maximum atomic E-state index is 11.8. The van der Waals surface area contributed by atoms with E-state index in [1.165, 1.54) is 11.8 Å². The summed E-state index contributed by atoms with van der Waals surface area (Å²) in [6.07, 6.45) is 3.56. The molecule has 0 aliphatic carbocycles. The van der Waals surface area contributed by atoms with Crippen molar-refractivity contribution in [2.45, 2.75) is 5.03 Å². The van der Waals surface area contributed by atoms with E-state index in [0.717, 1.165) is 11.3 Å². The summed E-state index contributed by atoms with van der Waals surface area (Å²) in [6, 6.07) is 13.1. The van der Waals surface area contributed by atoms with Gasteiger partial charge < -0.3 is 9.67 Å². The number of thioether (sulfide) groups is 1. The Balaban J connectivity index is 2.17. The lowest BCUT2D eigenvalue weighted by Gasteiger charge is -2.06. The van der Waals surface area contributed by atoms with Crippen molar-refractivity contribution in [3.05, 3.63) is 65.8 Å². The Morgan fingerprint density at radius 3 is 2.40 bits per heavy atom. The molecular weight excluding hydrogens is 334 g/mol. The van der Waals surface area contributed by atoms with Crippen LogP contribution in [0.3, 0.4) is 0 Å². The number of benzene rings is 1. The molecule has 0 aliphatic heterocycles. The summed E-state index contributed by atoms with van der Waals surface area (Å²) in [5.41, 5.74) is 3.45. The van der Waals surface area contributed by atoms with E-state index in [9.17, 15) is 9.90 Å². The van der Waals surface area contributed by atoms with Crippen LogP contribution in [-0.4, -0.2) is 26.9 Å². The van der Waals surface area contributed by atoms with Crippen LogP contribution in [0.4, 0.5) is 5.69 Å². The highest BCUT2D eigenvalue weighted by Gasteiger charge is 2.26. The van der Waals surface area contributed by atoms with E-state index < -0.39 is 5.97 Å². The fraction of sp³-hybridized carbons (Fsp3) is 0.105. The van der Waals surface area contributed by atoms with Gasteiger partial charge in [-0.25, -0.2) is 9.64 Å². The fourth-order valence-corrected chi connectivity index (χ4v) is 3.56. The Labute approximate surface area is 149 Å². The molecule has 3 aromatic rings. The van der Waals surface area contributed by atoms with Crippen LogP contribution in [0.15, 0.2) is 53.7 Å². The molecule has 1 aromatic carbocycles. The van der Waals surface area contributed by atoms with Crippen molar-refractivity contribution in [2.75, 3.05) is 6.26 Å². The molecule has 0 fully saturated rings. The lowest BCUT2D eigenvalue weighted by molar-refractivity contribution is 0.0686. The average molecular weight is 349 g/mol. The van der Waals surface area contributed by atoms with Gasteiger partial charge in [0, 0.05) is 24.4 Å². The van der Waals surface area contributed by atoms with Crippen LogP contribution in [0.5, 0.6) is 0 Å². The van der Waals surface area contributed by atoms with Gasteiger partial charge in [0.05, 0.1) is 17.3 Å². The molecule has 124 valence electrons. The molecule has 2 aromatic heterocycles. The number of hydrogen-bond donors (Lipinski definition) is 1. The molecule has 5 nitrogen and oxygen atoms in total. The maximum Gasteiger partial charge on any atom is 0.351 e. The van der Waals surface area contributed by atoms with Gasteiger partial charge in [0.2, 0.25) is 5.69 Å². The number of carboxylic acid groups (broad SMARTS) is 1. The normalized spacial score (nSPS) is 10.4. The summed E-state index contributed by atoms with van der Waals surface area (Å²) in [7, 11) is 1.68. The zero-order valence-electron chi connectivity index (χ0n) is 13.7. The average Bonchev–Trinajstić information content (AvgIpc) is 2.94. The Morgan fingerprint density at radius 2 is 1.88 bits per heavy atom. The van der Waals surface area contributed by atoms with Gasteiger partial charge in [-0.1, -0.05) is 30.3 Å². The van der Waals surface area contributed by atoms with Gasteiger partial charge in [-0.05, 0) is 24.0 Å². The molecule has 0 spiro atoms. The molecule has 6 heteroatoms. The first-order chi connectivity index (χ1) is 12.1. The highest BCUT2D eigenvalue weighted by molar-refractivity contribution is 7.98. The predicted molar refractivity (Wildman–Crippen MR) is 99.1 cm³/mol. The second kappa shape index (κ2) is 6.83. The van der Waals surface area contributed by atoms with Crippen molar-refractivity contribution in [3.8, 4) is 22.4 Å². The van der Waals surface area contributed by atoms with Crippen LogP contribution in [0.1, 0.15) is 10.5 Å². The number of aromatic carboxylic acids is 1. The molecular formula is C19H15N3O2S. The van der Waals surface area contributed by atoms with Gasteiger partial charge in [0.1, 0.15) is 5.69 Å². The van der Waals surface area contributed by atoms with E-state index >= 15 is 0 Å². The summed E-state index contributed by atoms with van der Waals surface area (Å²) in [6.45, 7) is 7.50. The van der Waals surface area contributed by atoms with E-state index in [1.54, 1.807) is 17.8 Å². The lowest BCUT2D eigenvalue weighted by atomic mass is 10.0.